The Hall–Kier alpha value is -0.410. The van der Waals surface area contributed by atoms with Crippen molar-refractivity contribution in [3.8, 4) is 11.5 Å². The Kier molecular flexibility index (Phi) is 3.19. The molecular weight excluding hydrogens is 267 g/mol. The smallest absolute Gasteiger partial charge is 0.162 e. The lowest BCUT2D eigenvalue weighted by Gasteiger charge is -2.26. The molecule has 2 rings (SSSR count). The van der Waals surface area contributed by atoms with Crippen LogP contribution in [0.1, 0.15) is 6.42 Å². The lowest BCUT2D eigenvalue weighted by Crippen LogP contribution is -2.29. The highest BCUT2D eigenvalue weighted by Gasteiger charge is 2.20. The average Bonchev–Trinajstić information content (AvgIpc) is 2.19. The van der Waals surface area contributed by atoms with E-state index in [9.17, 15) is 0 Å². The topological polar surface area (TPSA) is 18.5 Å². The minimum Gasteiger partial charge on any atom is -0.486 e. The molecule has 2 nitrogen and oxygen atoms in total. The summed E-state index contributed by atoms with van der Waals surface area (Å²) in [5, 5.41) is 1.59. The summed E-state index contributed by atoms with van der Waals surface area (Å²) >= 11 is 9.21. The van der Waals surface area contributed by atoms with Gasteiger partial charge in [0.05, 0.1) is 0 Å². The molecule has 0 amide bonds. The minimum absolute atomic E-state index is 0.142. The summed E-state index contributed by atoms with van der Waals surface area (Å²) in [6, 6.07) is 5.43. The van der Waals surface area contributed by atoms with Gasteiger partial charge in [-0.15, -0.1) is 0 Å². The van der Waals surface area contributed by atoms with E-state index < -0.39 is 0 Å². The summed E-state index contributed by atoms with van der Waals surface area (Å²) in [6.07, 6.45) is 1.09. The van der Waals surface area contributed by atoms with Crippen molar-refractivity contribution in [2.24, 2.45) is 0 Å². The van der Waals surface area contributed by atoms with Crippen molar-refractivity contribution in [3.63, 3.8) is 0 Å². The van der Waals surface area contributed by atoms with Crippen LogP contribution in [0.25, 0.3) is 0 Å². The van der Waals surface area contributed by atoms with Gasteiger partial charge < -0.3 is 9.47 Å². The predicted molar refractivity (Wildman–Crippen MR) is 59.8 cm³/mol. The number of halogens is 2. The van der Waals surface area contributed by atoms with Crippen LogP contribution in [-0.4, -0.2) is 18.0 Å². The molecule has 0 saturated heterocycles. The molecule has 14 heavy (non-hydrogen) atoms. The highest BCUT2D eigenvalue weighted by atomic mass is 79.9. The Morgan fingerprint density at radius 3 is 3.07 bits per heavy atom. The Balaban J connectivity index is 2.15. The number of fused-ring (bicyclic) bond motifs is 1. The molecule has 0 bridgehead atoms. The summed E-state index contributed by atoms with van der Waals surface area (Å²) in [6.45, 7) is 0.596. The Morgan fingerprint density at radius 2 is 2.29 bits per heavy atom. The van der Waals surface area contributed by atoms with Crippen molar-refractivity contribution < 1.29 is 9.47 Å². The molecule has 0 fully saturated rings. The molecule has 1 heterocycles. The molecular formula is C10H10BrClO2. The summed E-state index contributed by atoms with van der Waals surface area (Å²) in [4.78, 5) is 0. The van der Waals surface area contributed by atoms with Gasteiger partial charge in [0.25, 0.3) is 0 Å². The molecule has 0 N–H and O–H groups in total. The van der Waals surface area contributed by atoms with Crippen molar-refractivity contribution in [3.05, 3.63) is 23.2 Å². The Labute approximate surface area is 96.3 Å². The van der Waals surface area contributed by atoms with Crippen molar-refractivity contribution in [2.45, 2.75) is 12.5 Å². The third-order valence-corrected chi connectivity index (χ3v) is 2.75. The number of ether oxygens (including phenoxy) is 2. The molecule has 76 valence electrons. The van der Waals surface area contributed by atoms with Crippen LogP contribution >= 0.6 is 27.5 Å². The first-order chi connectivity index (χ1) is 6.79. The zero-order chi connectivity index (χ0) is 9.97. The maximum absolute atomic E-state index is 5.83. The second kappa shape index (κ2) is 4.41. The summed E-state index contributed by atoms with van der Waals surface area (Å²) in [5.74, 6) is 1.52. The van der Waals surface area contributed by atoms with E-state index in [1.54, 1.807) is 12.1 Å². The molecule has 1 aliphatic rings. The zero-order valence-corrected chi connectivity index (χ0v) is 9.85. The van der Waals surface area contributed by atoms with Crippen molar-refractivity contribution in [2.75, 3.05) is 11.9 Å². The lowest BCUT2D eigenvalue weighted by atomic mass is 10.2. The Morgan fingerprint density at radius 1 is 1.43 bits per heavy atom. The van der Waals surface area contributed by atoms with E-state index in [2.05, 4.69) is 15.9 Å². The van der Waals surface area contributed by atoms with Gasteiger partial charge in [-0.2, -0.15) is 0 Å². The third kappa shape index (κ3) is 2.15. The molecule has 1 unspecified atom stereocenters. The highest BCUT2D eigenvalue weighted by molar-refractivity contribution is 9.09. The van der Waals surface area contributed by atoms with Gasteiger partial charge in [-0.3, -0.25) is 0 Å². The summed E-state index contributed by atoms with van der Waals surface area (Å²) < 4.78 is 11.3. The number of rotatable bonds is 2. The first kappa shape index (κ1) is 10.1. The molecule has 0 aromatic heterocycles. The normalized spacial score (nSPS) is 19.4. The first-order valence-corrected chi connectivity index (χ1v) is 5.94. The summed E-state index contributed by atoms with van der Waals surface area (Å²) in [5.41, 5.74) is 0. The lowest BCUT2D eigenvalue weighted by molar-refractivity contribution is 0.0895. The molecule has 1 atom stereocenters. The van der Waals surface area contributed by atoms with Crippen LogP contribution in [0, 0.1) is 0 Å². The molecule has 0 saturated carbocycles. The van der Waals surface area contributed by atoms with Crippen molar-refractivity contribution >= 4 is 27.5 Å². The summed E-state index contributed by atoms with van der Waals surface area (Å²) in [7, 11) is 0. The fraction of sp³-hybridized carbons (Fsp3) is 0.400. The van der Waals surface area contributed by atoms with Gasteiger partial charge in [-0.05, 0) is 18.6 Å². The standard InChI is InChI=1S/C10H10BrClO2/c11-4-3-8-6-13-10-5-7(12)1-2-9(10)14-8/h1-2,5,8H,3-4,6H2. The van der Waals surface area contributed by atoms with E-state index >= 15 is 0 Å². The van der Waals surface area contributed by atoms with E-state index in [4.69, 9.17) is 21.1 Å². The van der Waals surface area contributed by atoms with E-state index in [0.717, 1.165) is 23.2 Å². The zero-order valence-electron chi connectivity index (χ0n) is 7.50. The van der Waals surface area contributed by atoms with Gasteiger partial charge in [-0.1, -0.05) is 27.5 Å². The number of hydrogen-bond donors (Lipinski definition) is 0. The Bertz CT molecular complexity index is 330. The second-order valence-corrected chi connectivity index (χ2v) is 4.35. The van der Waals surface area contributed by atoms with Crippen LogP contribution in [0.15, 0.2) is 18.2 Å². The molecule has 0 spiro atoms. The van der Waals surface area contributed by atoms with E-state index in [1.165, 1.54) is 0 Å². The molecule has 0 aliphatic carbocycles. The van der Waals surface area contributed by atoms with E-state index in [-0.39, 0.29) is 6.10 Å². The van der Waals surface area contributed by atoms with Crippen molar-refractivity contribution in [1.29, 1.82) is 0 Å². The maximum Gasteiger partial charge on any atom is 0.162 e. The van der Waals surface area contributed by atoms with Crippen LogP contribution in [0.2, 0.25) is 5.02 Å². The highest BCUT2D eigenvalue weighted by Crippen LogP contribution is 2.34. The molecule has 4 heteroatoms. The predicted octanol–water partition coefficient (Wildman–Crippen LogP) is 3.26. The fourth-order valence-corrected chi connectivity index (χ4v) is 2.03. The van der Waals surface area contributed by atoms with Gasteiger partial charge in [0, 0.05) is 16.4 Å². The quantitative estimate of drug-likeness (QED) is 0.773. The molecule has 1 aromatic carbocycles. The third-order valence-electron chi connectivity index (χ3n) is 2.06. The first-order valence-electron chi connectivity index (χ1n) is 4.44. The SMILES string of the molecule is Clc1ccc2c(c1)OCC(CCBr)O2. The van der Waals surface area contributed by atoms with E-state index in [0.29, 0.717) is 11.6 Å². The van der Waals surface area contributed by atoms with Crippen LogP contribution in [0.4, 0.5) is 0 Å². The maximum atomic E-state index is 5.83. The van der Waals surface area contributed by atoms with Gasteiger partial charge in [0.15, 0.2) is 11.5 Å². The van der Waals surface area contributed by atoms with Gasteiger partial charge in [-0.25, -0.2) is 0 Å². The minimum atomic E-state index is 0.142. The number of hydrogen-bond acceptors (Lipinski definition) is 2. The number of benzene rings is 1. The number of alkyl halides is 1. The largest absolute Gasteiger partial charge is 0.486 e. The van der Waals surface area contributed by atoms with Crippen LogP contribution < -0.4 is 9.47 Å². The monoisotopic (exact) mass is 276 g/mol. The fourth-order valence-electron chi connectivity index (χ4n) is 1.35. The van der Waals surface area contributed by atoms with Crippen LogP contribution in [0.3, 0.4) is 0 Å². The van der Waals surface area contributed by atoms with Gasteiger partial charge >= 0.3 is 0 Å². The molecule has 1 aromatic rings. The van der Waals surface area contributed by atoms with Crippen molar-refractivity contribution in [1.82, 2.24) is 0 Å². The van der Waals surface area contributed by atoms with Gasteiger partial charge in [0.2, 0.25) is 0 Å². The van der Waals surface area contributed by atoms with Crippen LogP contribution in [0.5, 0.6) is 11.5 Å². The second-order valence-electron chi connectivity index (χ2n) is 3.12. The van der Waals surface area contributed by atoms with Gasteiger partial charge in [0.1, 0.15) is 12.7 Å². The van der Waals surface area contributed by atoms with E-state index in [1.807, 2.05) is 6.07 Å². The molecule has 0 radical (unpaired) electrons. The molecule has 1 aliphatic heterocycles. The van der Waals surface area contributed by atoms with Crippen LogP contribution in [-0.2, 0) is 0 Å². The average molecular weight is 278 g/mol.